The van der Waals surface area contributed by atoms with E-state index in [4.69, 9.17) is 4.74 Å². The number of benzene rings is 1. The van der Waals surface area contributed by atoms with Gasteiger partial charge in [-0.1, -0.05) is 6.92 Å². The van der Waals surface area contributed by atoms with Gasteiger partial charge in [-0.3, -0.25) is 9.48 Å². The molecule has 0 saturated heterocycles. The third-order valence-corrected chi connectivity index (χ3v) is 3.73. The van der Waals surface area contributed by atoms with E-state index in [1.165, 1.54) is 17.2 Å². The van der Waals surface area contributed by atoms with Crippen molar-refractivity contribution in [3.05, 3.63) is 41.7 Å². The number of amides is 1. The number of halogens is 3. The van der Waals surface area contributed by atoms with Gasteiger partial charge in [-0.05, 0) is 24.6 Å². The van der Waals surface area contributed by atoms with Crippen LogP contribution in [0.3, 0.4) is 0 Å². The zero-order valence-electron chi connectivity index (χ0n) is 13.0. The van der Waals surface area contributed by atoms with Crippen molar-refractivity contribution in [1.82, 2.24) is 9.78 Å². The number of hydrogen-bond donors (Lipinski definition) is 0. The van der Waals surface area contributed by atoms with E-state index in [1.807, 2.05) is 6.92 Å². The average Bonchev–Trinajstić information content (AvgIpc) is 3.01. The minimum Gasteiger partial charge on any atom is -0.490 e. The Kier molecular flexibility index (Phi) is 4.21. The van der Waals surface area contributed by atoms with E-state index in [1.54, 1.807) is 10.9 Å². The highest BCUT2D eigenvalue weighted by Crippen LogP contribution is 2.38. The molecule has 1 aliphatic heterocycles. The lowest BCUT2D eigenvalue weighted by Crippen LogP contribution is -2.38. The summed E-state index contributed by atoms with van der Waals surface area (Å²) in [6.07, 6.45) is -0.576. The summed E-state index contributed by atoms with van der Waals surface area (Å²) in [6, 6.07) is 3.15. The highest BCUT2D eigenvalue weighted by atomic mass is 19.4. The molecule has 0 atom stereocenters. The lowest BCUT2D eigenvalue weighted by atomic mass is 10.1. The molecule has 1 aliphatic rings. The molecular weight excluding hydrogens is 323 g/mol. The van der Waals surface area contributed by atoms with Crippen LogP contribution in [0.25, 0.3) is 0 Å². The predicted molar refractivity (Wildman–Crippen MR) is 81.1 cm³/mol. The maximum atomic E-state index is 12.9. The molecule has 0 N–H and O–H groups in total. The van der Waals surface area contributed by atoms with E-state index >= 15 is 0 Å². The van der Waals surface area contributed by atoms with Crippen molar-refractivity contribution in [3.63, 3.8) is 0 Å². The van der Waals surface area contributed by atoms with Crippen molar-refractivity contribution in [2.24, 2.45) is 0 Å². The second kappa shape index (κ2) is 6.18. The Balaban J connectivity index is 1.94. The van der Waals surface area contributed by atoms with Gasteiger partial charge in [0.2, 0.25) is 0 Å². The molecule has 1 aromatic heterocycles. The number of aromatic nitrogens is 2. The number of aryl methyl sites for hydroxylation is 1. The van der Waals surface area contributed by atoms with Crippen LogP contribution in [0.15, 0.2) is 30.6 Å². The molecule has 0 radical (unpaired) electrons. The van der Waals surface area contributed by atoms with Crippen molar-refractivity contribution in [2.75, 3.05) is 18.1 Å². The van der Waals surface area contributed by atoms with Crippen LogP contribution in [0.2, 0.25) is 0 Å². The summed E-state index contributed by atoms with van der Waals surface area (Å²) in [5, 5.41) is 4.09. The summed E-state index contributed by atoms with van der Waals surface area (Å²) in [4.78, 5) is 14.0. The van der Waals surface area contributed by atoms with Crippen molar-refractivity contribution in [2.45, 2.75) is 26.1 Å². The van der Waals surface area contributed by atoms with Crippen molar-refractivity contribution >= 4 is 11.6 Å². The van der Waals surface area contributed by atoms with E-state index in [0.717, 1.165) is 18.6 Å². The number of fused-ring (bicyclic) bond motifs is 1. The van der Waals surface area contributed by atoms with Crippen molar-refractivity contribution in [3.8, 4) is 5.75 Å². The Hall–Kier alpha value is -2.51. The van der Waals surface area contributed by atoms with E-state index < -0.39 is 11.7 Å². The molecule has 1 aromatic carbocycles. The Morgan fingerprint density at radius 2 is 2.17 bits per heavy atom. The van der Waals surface area contributed by atoms with Crippen LogP contribution in [-0.4, -0.2) is 28.8 Å². The van der Waals surface area contributed by atoms with E-state index in [-0.39, 0.29) is 30.5 Å². The van der Waals surface area contributed by atoms with Gasteiger partial charge in [0.05, 0.1) is 29.6 Å². The highest BCUT2D eigenvalue weighted by molar-refractivity contribution is 6.06. The fourth-order valence-electron chi connectivity index (χ4n) is 2.59. The van der Waals surface area contributed by atoms with Crippen LogP contribution in [-0.2, 0) is 12.7 Å². The van der Waals surface area contributed by atoms with Crippen LogP contribution in [0, 0.1) is 0 Å². The van der Waals surface area contributed by atoms with Gasteiger partial charge >= 0.3 is 6.18 Å². The molecule has 8 heteroatoms. The summed E-state index contributed by atoms with van der Waals surface area (Å²) in [5.74, 6) is -0.121. The van der Waals surface area contributed by atoms with Gasteiger partial charge in [0.25, 0.3) is 5.91 Å². The van der Waals surface area contributed by atoms with E-state index in [9.17, 15) is 18.0 Å². The molecule has 0 unspecified atom stereocenters. The second-order valence-corrected chi connectivity index (χ2v) is 5.48. The first-order chi connectivity index (χ1) is 11.4. The van der Waals surface area contributed by atoms with Crippen LogP contribution < -0.4 is 9.64 Å². The number of carbonyl (C=O) groups excluding carboxylic acids is 1. The van der Waals surface area contributed by atoms with Crippen LogP contribution in [0.5, 0.6) is 5.75 Å². The topological polar surface area (TPSA) is 47.4 Å². The molecule has 1 amide bonds. The molecule has 2 heterocycles. The summed E-state index contributed by atoms with van der Waals surface area (Å²) >= 11 is 0. The Morgan fingerprint density at radius 1 is 1.38 bits per heavy atom. The van der Waals surface area contributed by atoms with Crippen molar-refractivity contribution in [1.29, 1.82) is 0 Å². The van der Waals surface area contributed by atoms with Crippen LogP contribution in [0.4, 0.5) is 18.9 Å². The Bertz CT molecular complexity index is 755. The maximum Gasteiger partial charge on any atom is 0.416 e. The standard InChI is InChI=1S/C16H16F3N3O2/c1-2-5-21-10-11(9-20-21)15(23)22-6-7-24-14-4-3-12(8-13(14)22)16(17,18)19/h3-4,8-10H,2,5-7H2,1H3. The second-order valence-electron chi connectivity index (χ2n) is 5.48. The normalized spacial score (nSPS) is 14.2. The third-order valence-electron chi connectivity index (χ3n) is 3.73. The number of anilines is 1. The molecule has 0 fully saturated rings. The predicted octanol–water partition coefficient (Wildman–Crippen LogP) is 3.35. The van der Waals surface area contributed by atoms with Crippen molar-refractivity contribution < 1.29 is 22.7 Å². The molecule has 0 saturated carbocycles. The van der Waals surface area contributed by atoms with E-state index in [2.05, 4.69) is 5.10 Å². The number of alkyl halides is 3. The first-order valence-electron chi connectivity index (χ1n) is 7.58. The third kappa shape index (κ3) is 3.08. The SMILES string of the molecule is CCCn1cc(C(=O)N2CCOc3ccc(C(F)(F)F)cc32)cn1. The molecule has 128 valence electrons. The Morgan fingerprint density at radius 3 is 2.88 bits per heavy atom. The molecule has 5 nitrogen and oxygen atoms in total. The average molecular weight is 339 g/mol. The smallest absolute Gasteiger partial charge is 0.416 e. The number of ether oxygens (including phenoxy) is 1. The molecule has 0 aliphatic carbocycles. The minimum absolute atomic E-state index is 0.129. The lowest BCUT2D eigenvalue weighted by Gasteiger charge is -2.29. The monoisotopic (exact) mass is 339 g/mol. The largest absolute Gasteiger partial charge is 0.490 e. The summed E-state index contributed by atoms with van der Waals surface area (Å²) in [7, 11) is 0. The zero-order chi connectivity index (χ0) is 17.3. The van der Waals surface area contributed by atoms with Gasteiger partial charge < -0.3 is 9.64 Å². The fourth-order valence-corrected chi connectivity index (χ4v) is 2.59. The fraction of sp³-hybridized carbons (Fsp3) is 0.375. The molecule has 2 aromatic rings. The lowest BCUT2D eigenvalue weighted by molar-refractivity contribution is -0.137. The number of rotatable bonds is 3. The highest BCUT2D eigenvalue weighted by Gasteiger charge is 2.34. The zero-order valence-corrected chi connectivity index (χ0v) is 13.0. The molecule has 0 spiro atoms. The molecule has 3 rings (SSSR count). The van der Waals surface area contributed by atoms with E-state index in [0.29, 0.717) is 12.1 Å². The number of nitrogens with zero attached hydrogens (tertiary/aromatic N) is 3. The molecular formula is C16H16F3N3O2. The van der Waals surface area contributed by atoms with Gasteiger partial charge in [-0.15, -0.1) is 0 Å². The quantitative estimate of drug-likeness (QED) is 0.862. The summed E-state index contributed by atoms with van der Waals surface area (Å²) in [5.41, 5.74) is -0.343. The molecule has 24 heavy (non-hydrogen) atoms. The number of hydrogen-bond acceptors (Lipinski definition) is 3. The van der Waals surface area contributed by atoms with Gasteiger partial charge in [-0.2, -0.15) is 18.3 Å². The first-order valence-corrected chi connectivity index (χ1v) is 7.58. The van der Waals surface area contributed by atoms with Crippen LogP contribution >= 0.6 is 0 Å². The summed E-state index contributed by atoms with van der Waals surface area (Å²) in [6.45, 7) is 3.07. The Labute approximate surface area is 136 Å². The summed E-state index contributed by atoms with van der Waals surface area (Å²) < 4.78 is 45.8. The van der Waals surface area contributed by atoms with Crippen LogP contribution in [0.1, 0.15) is 29.3 Å². The number of carbonyl (C=O) groups is 1. The maximum absolute atomic E-state index is 12.9. The first kappa shape index (κ1) is 16.4. The van der Waals surface area contributed by atoms with Gasteiger partial charge in [0.15, 0.2) is 0 Å². The molecule has 0 bridgehead atoms. The minimum atomic E-state index is -4.48. The van der Waals surface area contributed by atoms with Gasteiger partial charge in [0.1, 0.15) is 12.4 Å². The van der Waals surface area contributed by atoms with Gasteiger partial charge in [0, 0.05) is 12.7 Å². The van der Waals surface area contributed by atoms with Gasteiger partial charge in [-0.25, -0.2) is 0 Å².